The van der Waals surface area contributed by atoms with Crippen LogP contribution in [-0.4, -0.2) is 48.4 Å². The third-order valence-electron chi connectivity index (χ3n) is 4.58. The Balaban J connectivity index is 1.92. The monoisotopic (exact) mass is 477 g/mol. The van der Waals surface area contributed by atoms with Crippen molar-refractivity contribution in [1.82, 2.24) is 8.87 Å². The van der Waals surface area contributed by atoms with Gasteiger partial charge in [0.1, 0.15) is 15.1 Å². The van der Waals surface area contributed by atoms with Crippen molar-refractivity contribution in [3.8, 4) is 0 Å². The van der Waals surface area contributed by atoms with Gasteiger partial charge in [-0.05, 0) is 38.8 Å². The highest BCUT2D eigenvalue weighted by Gasteiger charge is 2.40. The Morgan fingerprint density at radius 2 is 2.07 bits per heavy atom. The van der Waals surface area contributed by atoms with Gasteiger partial charge in [0.15, 0.2) is 4.80 Å². The second-order valence-corrected chi connectivity index (χ2v) is 11.2. The van der Waals surface area contributed by atoms with Gasteiger partial charge in [-0.1, -0.05) is 22.9 Å². The number of nitrogens with zero attached hydrogens (tertiary/aromatic N) is 3. The Morgan fingerprint density at radius 1 is 1.34 bits per heavy atom. The van der Waals surface area contributed by atoms with Crippen LogP contribution in [-0.2, 0) is 26.6 Å². The van der Waals surface area contributed by atoms with Gasteiger partial charge in [0, 0.05) is 19.3 Å². The van der Waals surface area contributed by atoms with E-state index in [1.807, 2.05) is 0 Å². The molecule has 2 aromatic rings. The zero-order valence-electron chi connectivity index (χ0n) is 16.0. The van der Waals surface area contributed by atoms with Gasteiger partial charge in [0.05, 0.1) is 10.9 Å². The highest BCUT2D eigenvalue weighted by molar-refractivity contribution is 7.91. The molecule has 1 saturated heterocycles. The number of amides is 1. The number of sulfonamides is 1. The van der Waals surface area contributed by atoms with Crippen molar-refractivity contribution in [1.29, 1.82) is 0 Å². The van der Waals surface area contributed by atoms with E-state index in [9.17, 15) is 18.0 Å². The fraction of sp³-hybridized carbons (Fsp3) is 0.471. The van der Waals surface area contributed by atoms with Crippen LogP contribution < -0.4 is 4.80 Å². The van der Waals surface area contributed by atoms with Crippen LogP contribution in [0, 0.1) is 6.92 Å². The van der Waals surface area contributed by atoms with Crippen molar-refractivity contribution in [2.75, 3.05) is 13.2 Å². The molecule has 0 aromatic carbocycles. The van der Waals surface area contributed by atoms with Crippen LogP contribution in [0.2, 0.25) is 4.34 Å². The third kappa shape index (κ3) is 4.33. The molecule has 0 aliphatic carbocycles. The van der Waals surface area contributed by atoms with Gasteiger partial charge < -0.3 is 9.30 Å². The van der Waals surface area contributed by atoms with Crippen molar-refractivity contribution >= 4 is 56.2 Å². The SMILES string of the molecule is CCOC(=O)c1sc(=NC(=O)C2CCCN2S(=O)(=O)c2ccc(Cl)s2)n(C)c1C. The van der Waals surface area contributed by atoms with Crippen LogP contribution >= 0.6 is 34.3 Å². The van der Waals surface area contributed by atoms with E-state index < -0.39 is 27.9 Å². The molecule has 1 fully saturated rings. The van der Waals surface area contributed by atoms with Crippen LogP contribution in [0.25, 0.3) is 0 Å². The second kappa shape index (κ2) is 8.68. The Morgan fingerprint density at radius 3 is 2.69 bits per heavy atom. The van der Waals surface area contributed by atoms with E-state index >= 15 is 0 Å². The van der Waals surface area contributed by atoms with Crippen LogP contribution in [0.15, 0.2) is 21.3 Å². The van der Waals surface area contributed by atoms with Crippen LogP contribution in [0.4, 0.5) is 0 Å². The van der Waals surface area contributed by atoms with Gasteiger partial charge in [-0.25, -0.2) is 13.2 Å². The average molecular weight is 478 g/mol. The van der Waals surface area contributed by atoms with Crippen molar-refractivity contribution in [3.63, 3.8) is 0 Å². The minimum Gasteiger partial charge on any atom is -0.462 e. The molecular formula is C17H20ClN3O5S3. The first-order chi connectivity index (χ1) is 13.7. The molecule has 1 amide bonds. The van der Waals surface area contributed by atoms with E-state index in [4.69, 9.17) is 16.3 Å². The molecule has 0 saturated carbocycles. The maximum absolute atomic E-state index is 12.9. The first-order valence-electron chi connectivity index (χ1n) is 8.86. The number of thiazole rings is 1. The fourth-order valence-electron chi connectivity index (χ4n) is 3.01. The van der Waals surface area contributed by atoms with Crippen molar-refractivity contribution in [3.05, 3.63) is 31.8 Å². The largest absolute Gasteiger partial charge is 0.462 e. The summed E-state index contributed by atoms with van der Waals surface area (Å²) in [7, 11) is -2.14. The van der Waals surface area contributed by atoms with Gasteiger partial charge in [0.25, 0.3) is 15.9 Å². The lowest BCUT2D eigenvalue weighted by Crippen LogP contribution is -2.40. The number of carbonyl (C=O) groups excluding carboxylic acids is 2. The Hall–Kier alpha value is -1.53. The quantitative estimate of drug-likeness (QED) is 0.616. The fourth-order valence-corrected chi connectivity index (χ4v) is 7.29. The predicted molar refractivity (Wildman–Crippen MR) is 111 cm³/mol. The van der Waals surface area contributed by atoms with Crippen LogP contribution in [0.3, 0.4) is 0 Å². The second-order valence-electron chi connectivity index (χ2n) is 6.36. The molecule has 1 unspecified atom stereocenters. The number of rotatable bonds is 5. The van der Waals surface area contributed by atoms with Gasteiger partial charge in [-0.3, -0.25) is 4.79 Å². The molecular weight excluding hydrogens is 458 g/mol. The topological polar surface area (TPSA) is 98.0 Å². The summed E-state index contributed by atoms with van der Waals surface area (Å²) < 4.78 is 34.2. The van der Waals surface area contributed by atoms with E-state index in [1.165, 1.54) is 16.4 Å². The third-order valence-corrected chi connectivity index (χ3v) is 9.40. The molecule has 3 rings (SSSR count). The molecule has 1 atom stereocenters. The number of halogens is 1. The van der Waals surface area contributed by atoms with Crippen molar-refractivity contribution in [2.45, 2.75) is 36.9 Å². The molecule has 29 heavy (non-hydrogen) atoms. The summed E-state index contributed by atoms with van der Waals surface area (Å²) in [6.07, 6.45) is 0.952. The van der Waals surface area contributed by atoms with E-state index in [2.05, 4.69) is 4.99 Å². The lowest BCUT2D eigenvalue weighted by atomic mass is 10.2. The zero-order valence-corrected chi connectivity index (χ0v) is 19.3. The van der Waals surface area contributed by atoms with Crippen molar-refractivity contribution in [2.24, 2.45) is 12.0 Å². The van der Waals surface area contributed by atoms with Crippen molar-refractivity contribution < 1.29 is 22.7 Å². The summed E-state index contributed by atoms with van der Waals surface area (Å²) in [5.41, 5.74) is 0.629. The number of hydrogen-bond acceptors (Lipinski definition) is 7. The number of esters is 1. The Labute approximate surface area is 181 Å². The molecule has 0 spiro atoms. The summed E-state index contributed by atoms with van der Waals surface area (Å²) in [5, 5.41) is 0. The number of ether oxygens (including phenoxy) is 1. The summed E-state index contributed by atoms with van der Waals surface area (Å²) in [6, 6.07) is 2.07. The average Bonchev–Trinajstić information content (AvgIpc) is 3.38. The van der Waals surface area contributed by atoms with Crippen LogP contribution in [0.5, 0.6) is 0 Å². The number of hydrogen-bond donors (Lipinski definition) is 0. The maximum atomic E-state index is 12.9. The van der Waals surface area contributed by atoms with Gasteiger partial charge in [0.2, 0.25) is 0 Å². The first kappa shape index (κ1) is 22.2. The lowest BCUT2D eigenvalue weighted by molar-refractivity contribution is -0.121. The number of thiophene rings is 1. The maximum Gasteiger partial charge on any atom is 0.350 e. The van der Waals surface area contributed by atoms with E-state index in [0.29, 0.717) is 32.6 Å². The van der Waals surface area contributed by atoms with Crippen LogP contribution in [0.1, 0.15) is 35.1 Å². The molecule has 0 radical (unpaired) electrons. The molecule has 0 N–H and O–H groups in total. The zero-order chi connectivity index (χ0) is 21.3. The molecule has 8 nitrogen and oxygen atoms in total. The first-order valence-corrected chi connectivity index (χ1v) is 12.3. The van der Waals surface area contributed by atoms with Gasteiger partial charge in [-0.2, -0.15) is 9.30 Å². The smallest absolute Gasteiger partial charge is 0.350 e. The normalized spacial score (nSPS) is 18.3. The summed E-state index contributed by atoms with van der Waals surface area (Å²) in [4.78, 5) is 29.7. The minimum absolute atomic E-state index is 0.101. The van der Waals surface area contributed by atoms with E-state index in [0.717, 1.165) is 22.7 Å². The molecule has 2 aromatic heterocycles. The summed E-state index contributed by atoms with van der Waals surface area (Å²) in [5.74, 6) is -1.03. The molecule has 1 aliphatic heterocycles. The number of carbonyl (C=O) groups is 2. The Bertz CT molecular complexity index is 1120. The highest BCUT2D eigenvalue weighted by atomic mass is 35.5. The highest BCUT2D eigenvalue weighted by Crippen LogP contribution is 2.32. The van der Waals surface area contributed by atoms with E-state index in [1.54, 1.807) is 25.5 Å². The molecule has 0 bridgehead atoms. The minimum atomic E-state index is -3.83. The van der Waals surface area contributed by atoms with E-state index in [-0.39, 0.29) is 17.4 Å². The summed E-state index contributed by atoms with van der Waals surface area (Å²) in [6.45, 7) is 3.94. The predicted octanol–water partition coefficient (Wildman–Crippen LogP) is 2.57. The van der Waals surface area contributed by atoms with Gasteiger partial charge in [-0.15, -0.1) is 11.3 Å². The lowest BCUT2D eigenvalue weighted by Gasteiger charge is -2.20. The Kier molecular flexibility index (Phi) is 6.64. The standard InChI is InChI=1S/C17H20ClN3O5S3/c1-4-26-16(23)14-10(2)20(3)17(28-14)19-15(22)11-6-5-9-21(11)29(24,25)13-8-7-12(18)27-13/h7-8,11H,4-6,9H2,1-3H3. The molecule has 12 heteroatoms. The van der Waals surface area contributed by atoms with Gasteiger partial charge >= 0.3 is 5.97 Å². The molecule has 3 heterocycles. The molecule has 1 aliphatic rings. The molecule has 158 valence electrons. The number of aromatic nitrogens is 1. The summed E-state index contributed by atoms with van der Waals surface area (Å²) >= 11 is 7.88.